The van der Waals surface area contributed by atoms with Crippen LogP contribution in [0.15, 0.2) is 59.5 Å². The van der Waals surface area contributed by atoms with E-state index in [1.54, 1.807) is 36.4 Å². The number of carbonyl (C=O) groups excluding carboxylic acids is 1. The van der Waals surface area contributed by atoms with Gasteiger partial charge in [0.2, 0.25) is 0 Å². The number of carboxylic acids is 1. The summed E-state index contributed by atoms with van der Waals surface area (Å²) in [6.07, 6.45) is 0. The maximum Gasteiger partial charge on any atom is 0.328 e. The molecule has 1 aliphatic rings. The highest BCUT2D eigenvalue weighted by atomic mass is 32.2. The second kappa shape index (κ2) is 7.89. The molecular formula is C19H19NO6S. The normalized spacial score (nSPS) is 17.5. The highest BCUT2D eigenvalue weighted by Gasteiger charge is 2.33. The number of sulfone groups is 1. The molecule has 1 N–H and O–H groups in total. The molecular weight excluding hydrogens is 370 g/mol. The summed E-state index contributed by atoms with van der Waals surface area (Å²) >= 11 is 0. The first-order valence-corrected chi connectivity index (χ1v) is 10.0. The topological polar surface area (TPSA) is 101 Å². The van der Waals surface area contributed by atoms with Gasteiger partial charge in [-0.3, -0.25) is 4.79 Å². The van der Waals surface area contributed by atoms with Gasteiger partial charge in [0.25, 0.3) is 5.91 Å². The zero-order valence-electron chi connectivity index (χ0n) is 14.4. The van der Waals surface area contributed by atoms with Crippen LogP contribution in [0.1, 0.15) is 15.9 Å². The summed E-state index contributed by atoms with van der Waals surface area (Å²) in [4.78, 5) is 25.6. The molecule has 8 heteroatoms. The molecule has 142 valence electrons. The smallest absolute Gasteiger partial charge is 0.328 e. The molecule has 1 amide bonds. The van der Waals surface area contributed by atoms with Gasteiger partial charge >= 0.3 is 5.97 Å². The van der Waals surface area contributed by atoms with Crippen LogP contribution in [-0.4, -0.2) is 56.1 Å². The van der Waals surface area contributed by atoms with E-state index in [1.165, 1.54) is 23.1 Å². The Morgan fingerprint density at radius 1 is 1.11 bits per heavy atom. The minimum absolute atomic E-state index is 0.0663. The van der Waals surface area contributed by atoms with Crippen molar-refractivity contribution in [1.29, 1.82) is 0 Å². The number of benzene rings is 2. The average molecular weight is 389 g/mol. The Labute approximate surface area is 157 Å². The molecule has 1 fully saturated rings. The summed E-state index contributed by atoms with van der Waals surface area (Å²) in [5.74, 6) is -1.83. The van der Waals surface area contributed by atoms with Crippen LogP contribution in [0, 0.1) is 0 Å². The van der Waals surface area contributed by atoms with E-state index >= 15 is 0 Å². The predicted octanol–water partition coefficient (Wildman–Crippen LogP) is 1.59. The van der Waals surface area contributed by atoms with Gasteiger partial charge in [-0.15, -0.1) is 0 Å². The van der Waals surface area contributed by atoms with E-state index in [0.717, 1.165) is 0 Å². The number of morpholine rings is 1. The number of amides is 1. The zero-order chi connectivity index (χ0) is 19.4. The molecule has 0 aliphatic carbocycles. The molecule has 27 heavy (non-hydrogen) atoms. The Hall–Kier alpha value is -2.71. The first-order valence-electron chi connectivity index (χ1n) is 8.37. The van der Waals surface area contributed by atoms with E-state index in [-0.39, 0.29) is 36.0 Å². The van der Waals surface area contributed by atoms with Crippen LogP contribution in [0.2, 0.25) is 0 Å². The van der Waals surface area contributed by atoms with Crippen molar-refractivity contribution in [3.63, 3.8) is 0 Å². The fourth-order valence-electron chi connectivity index (χ4n) is 2.94. The zero-order valence-corrected chi connectivity index (χ0v) is 15.3. The van der Waals surface area contributed by atoms with Gasteiger partial charge < -0.3 is 14.7 Å². The van der Waals surface area contributed by atoms with Crippen LogP contribution in [-0.2, 0) is 25.1 Å². The predicted molar refractivity (Wildman–Crippen MR) is 97.1 cm³/mol. The first kappa shape index (κ1) is 19.1. The minimum atomic E-state index is -3.54. The summed E-state index contributed by atoms with van der Waals surface area (Å²) in [5, 5.41) is 9.28. The van der Waals surface area contributed by atoms with Gasteiger partial charge in [0.15, 0.2) is 15.9 Å². The Morgan fingerprint density at radius 2 is 1.85 bits per heavy atom. The lowest BCUT2D eigenvalue weighted by atomic mass is 10.1. The SMILES string of the molecule is O=C(O)[C@H]1COCCN1C(=O)c1cccc(CS(=O)(=O)c2ccccc2)c1. The van der Waals surface area contributed by atoms with Gasteiger partial charge in [-0.2, -0.15) is 0 Å². The highest BCUT2D eigenvalue weighted by molar-refractivity contribution is 7.90. The fraction of sp³-hybridized carbons (Fsp3) is 0.263. The molecule has 0 radical (unpaired) electrons. The van der Waals surface area contributed by atoms with Crippen molar-refractivity contribution in [3.8, 4) is 0 Å². The maximum absolute atomic E-state index is 12.8. The molecule has 1 aliphatic heterocycles. The van der Waals surface area contributed by atoms with Gasteiger partial charge in [-0.05, 0) is 29.8 Å². The molecule has 1 saturated heterocycles. The second-order valence-corrected chi connectivity index (χ2v) is 8.19. The van der Waals surface area contributed by atoms with E-state index in [9.17, 15) is 23.1 Å². The first-order chi connectivity index (χ1) is 12.9. The summed E-state index contributed by atoms with van der Waals surface area (Å²) in [6, 6.07) is 13.3. The van der Waals surface area contributed by atoms with Crippen LogP contribution in [0.5, 0.6) is 0 Å². The lowest BCUT2D eigenvalue weighted by molar-refractivity contribution is -0.147. The van der Waals surface area contributed by atoms with E-state index in [4.69, 9.17) is 4.74 Å². The van der Waals surface area contributed by atoms with Crippen molar-refractivity contribution >= 4 is 21.7 Å². The molecule has 2 aromatic rings. The third kappa shape index (κ3) is 4.35. The highest BCUT2D eigenvalue weighted by Crippen LogP contribution is 2.19. The molecule has 0 bridgehead atoms. The van der Waals surface area contributed by atoms with Crippen LogP contribution in [0.25, 0.3) is 0 Å². The number of carbonyl (C=O) groups is 2. The molecule has 0 saturated carbocycles. The monoisotopic (exact) mass is 389 g/mol. The van der Waals surface area contributed by atoms with Crippen molar-refractivity contribution in [3.05, 3.63) is 65.7 Å². The fourth-order valence-corrected chi connectivity index (χ4v) is 4.30. The summed E-state index contributed by atoms with van der Waals surface area (Å²) < 4.78 is 30.2. The average Bonchev–Trinajstić information content (AvgIpc) is 2.68. The van der Waals surface area contributed by atoms with Crippen LogP contribution >= 0.6 is 0 Å². The molecule has 1 heterocycles. The largest absolute Gasteiger partial charge is 0.480 e. The number of rotatable bonds is 5. The van der Waals surface area contributed by atoms with Crippen molar-refractivity contribution in [1.82, 2.24) is 4.90 Å². The van der Waals surface area contributed by atoms with Crippen molar-refractivity contribution in [2.24, 2.45) is 0 Å². The third-order valence-corrected chi connectivity index (χ3v) is 6.01. The third-order valence-electron chi connectivity index (χ3n) is 4.31. The van der Waals surface area contributed by atoms with Crippen molar-refractivity contribution in [2.75, 3.05) is 19.8 Å². The lowest BCUT2D eigenvalue weighted by Gasteiger charge is -2.33. The van der Waals surface area contributed by atoms with Gasteiger partial charge in [-0.1, -0.05) is 30.3 Å². The van der Waals surface area contributed by atoms with Crippen molar-refractivity contribution < 1.29 is 27.9 Å². The molecule has 1 atom stereocenters. The standard InChI is InChI=1S/C19H19NO6S/c21-18(20-9-10-26-12-17(20)19(22)23)15-6-4-5-14(11-15)13-27(24,25)16-7-2-1-3-8-16/h1-8,11,17H,9-10,12-13H2,(H,22,23)/t17-/m1/s1. The number of carboxylic acid groups (broad SMARTS) is 1. The molecule has 0 aromatic heterocycles. The van der Waals surface area contributed by atoms with Gasteiger partial charge in [0.05, 0.1) is 23.9 Å². The van der Waals surface area contributed by atoms with E-state index in [0.29, 0.717) is 5.56 Å². The molecule has 0 spiro atoms. The number of aliphatic carboxylic acids is 1. The Morgan fingerprint density at radius 3 is 2.56 bits per heavy atom. The van der Waals surface area contributed by atoms with E-state index in [2.05, 4.69) is 0 Å². The number of nitrogens with zero attached hydrogens (tertiary/aromatic N) is 1. The van der Waals surface area contributed by atoms with Gasteiger partial charge in [0.1, 0.15) is 0 Å². The summed E-state index contributed by atoms with van der Waals surface area (Å²) in [7, 11) is -3.54. The summed E-state index contributed by atoms with van der Waals surface area (Å²) in [5.41, 5.74) is 0.716. The number of hydrogen-bond acceptors (Lipinski definition) is 5. The maximum atomic E-state index is 12.8. The quantitative estimate of drug-likeness (QED) is 0.833. The Bertz CT molecular complexity index is 942. The molecule has 7 nitrogen and oxygen atoms in total. The van der Waals surface area contributed by atoms with Crippen LogP contribution < -0.4 is 0 Å². The second-order valence-electron chi connectivity index (χ2n) is 6.20. The van der Waals surface area contributed by atoms with E-state index in [1.807, 2.05) is 0 Å². The number of ether oxygens (including phenoxy) is 1. The van der Waals surface area contributed by atoms with E-state index < -0.39 is 27.8 Å². The summed E-state index contributed by atoms with van der Waals surface area (Å²) in [6.45, 7) is 0.364. The molecule has 0 unspecified atom stereocenters. The van der Waals surface area contributed by atoms with Crippen LogP contribution in [0.4, 0.5) is 0 Å². The molecule has 2 aromatic carbocycles. The number of hydrogen-bond donors (Lipinski definition) is 1. The minimum Gasteiger partial charge on any atom is -0.480 e. The van der Waals surface area contributed by atoms with Gasteiger partial charge in [0, 0.05) is 12.1 Å². The lowest BCUT2D eigenvalue weighted by Crippen LogP contribution is -2.52. The Balaban J connectivity index is 1.83. The van der Waals surface area contributed by atoms with Crippen LogP contribution in [0.3, 0.4) is 0 Å². The molecule has 3 rings (SSSR count). The van der Waals surface area contributed by atoms with Gasteiger partial charge in [-0.25, -0.2) is 13.2 Å². The Kier molecular flexibility index (Phi) is 5.57. The van der Waals surface area contributed by atoms with Crippen molar-refractivity contribution in [2.45, 2.75) is 16.7 Å².